The first-order valence-corrected chi connectivity index (χ1v) is 3.49. The van der Waals surface area contributed by atoms with E-state index in [0.717, 1.165) is 12.8 Å². The van der Waals surface area contributed by atoms with E-state index in [4.69, 9.17) is 5.11 Å². The summed E-state index contributed by atoms with van der Waals surface area (Å²) in [4.78, 5) is 0. The summed E-state index contributed by atoms with van der Waals surface area (Å²) in [5, 5.41) is 8.98. The van der Waals surface area contributed by atoms with Crippen LogP contribution in [-0.4, -0.2) is 5.11 Å². The number of aliphatic hydroxyl groups excluding tert-OH is 1. The van der Waals surface area contributed by atoms with Crippen LogP contribution in [0.2, 0.25) is 0 Å². The average molecular weight is 138 g/mol. The fourth-order valence-electron chi connectivity index (χ4n) is 0.547. The minimum Gasteiger partial charge on any atom is -0.508 e. The number of hydrogen-bond acceptors (Lipinski definition) is 1. The van der Waals surface area contributed by atoms with Crippen LogP contribution in [-0.2, 0) is 0 Å². The van der Waals surface area contributed by atoms with E-state index >= 15 is 0 Å². The summed E-state index contributed by atoms with van der Waals surface area (Å²) in [6.45, 7) is 5.55. The number of hydrogen-bond donors (Lipinski definition) is 1. The molecule has 0 radical (unpaired) electrons. The third-order valence-electron chi connectivity index (χ3n) is 1.03. The van der Waals surface area contributed by atoms with Crippen molar-refractivity contribution in [2.45, 2.75) is 19.8 Å². The Kier molecular flexibility index (Phi) is 5.54. The van der Waals surface area contributed by atoms with E-state index in [1.807, 2.05) is 6.08 Å². The molecule has 0 bridgehead atoms. The molecule has 0 atom stereocenters. The van der Waals surface area contributed by atoms with Crippen molar-refractivity contribution in [3.05, 3.63) is 36.6 Å². The summed E-state index contributed by atoms with van der Waals surface area (Å²) in [6, 6.07) is 0. The van der Waals surface area contributed by atoms with E-state index in [-0.39, 0.29) is 5.76 Å². The zero-order valence-corrected chi connectivity index (χ0v) is 6.38. The van der Waals surface area contributed by atoms with Crippen LogP contribution in [0.15, 0.2) is 36.6 Å². The van der Waals surface area contributed by atoms with E-state index in [1.54, 1.807) is 18.2 Å². The molecule has 1 nitrogen and oxygen atoms in total. The minimum atomic E-state index is 0.267. The number of rotatable bonds is 4. The van der Waals surface area contributed by atoms with E-state index in [0.29, 0.717) is 0 Å². The second-order valence-electron chi connectivity index (χ2n) is 2.02. The monoisotopic (exact) mass is 138 g/mol. The van der Waals surface area contributed by atoms with Gasteiger partial charge in [0.25, 0.3) is 0 Å². The van der Waals surface area contributed by atoms with Gasteiger partial charge in [0.05, 0.1) is 0 Å². The Hall–Kier alpha value is -0.980. The normalized spacial score (nSPS) is 12.3. The van der Waals surface area contributed by atoms with Crippen LogP contribution in [0.1, 0.15) is 19.8 Å². The molecule has 0 spiro atoms. The largest absolute Gasteiger partial charge is 0.508 e. The lowest BCUT2D eigenvalue weighted by Gasteiger charge is -1.86. The smallest absolute Gasteiger partial charge is 0.115 e. The number of aliphatic hydroxyl groups is 1. The second kappa shape index (κ2) is 6.14. The molecule has 0 aliphatic heterocycles. The molecule has 0 saturated carbocycles. The van der Waals surface area contributed by atoms with Crippen molar-refractivity contribution in [2.75, 3.05) is 0 Å². The molecule has 0 aliphatic rings. The predicted octanol–water partition coefficient (Wildman–Crippen LogP) is 2.97. The van der Waals surface area contributed by atoms with Crippen LogP contribution in [0, 0.1) is 0 Å². The highest BCUT2D eigenvalue weighted by molar-refractivity contribution is 5.15. The van der Waals surface area contributed by atoms with Gasteiger partial charge in [0.2, 0.25) is 0 Å². The molecule has 10 heavy (non-hydrogen) atoms. The number of unbranched alkanes of at least 4 members (excludes halogenated alkanes) is 1. The van der Waals surface area contributed by atoms with Crippen molar-refractivity contribution in [1.29, 1.82) is 0 Å². The van der Waals surface area contributed by atoms with Gasteiger partial charge in [0.15, 0.2) is 0 Å². The van der Waals surface area contributed by atoms with Gasteiger partial charge >= 0.3 is 0 Å². The fraction of sp³-hybridized carbons (Fsp3) is 0.333. The molecule has 0 aliphatic carbocycles. The molecule has 0 unspecified atom stereocenters. The lowest BCUT2D eigenvalue weighted by atomic mass is 10.3. The lowest BCUT2D eigenvalue weighted by molar-refractivity contribution is 0.432. The Morgan fingerprint density at radius 2 is 2.30 bits per heavy atom. The van der Waals surface area contributed by atoms with Crippen LogP contribution >= 0.6 is 0 Å². The summed E-state index contributed by atoms with van der Waals surface area (Å²) < 4.78 is 0. The van der Waals surface area contributed by atoms with E-state index in [1.165, 1.54) is 0 Å². The summed E-state index contributed by atoms with van der Waals surface area (Å²) in [5.41, 5.74) is 0. The first-order valence-electron chi connectivity index (χ1n) is 3.49. The standard InChI is InChI=1S/C9H14O/c1-3-5-6-8-9(10)7-4-2/h4,6-8,10H,2-3,5H2,1H3/b8-6-,9-7+. The first kappa shape index (κ1) is 9.02. The van der Waals surface area contributed by atoms with Crippen molar-refractivity contribution in [3.63, 3.8) is 0 Å². The first-order chi connectivity index (χ1) is 4.81. The van der Waals surface area contributed by atoms with Crippen molar-refractivity contribution in [2.24, 2.45) is 0 Å². The lowest BCUT2D eigenvalue weighted by Crippen LogP contribution is -1.71. The molecule has 0 amide bonds. The van der Waals surface area contributed by atoms with E-state index in [9.17, 15) is 0 Å². The Morgan fingerprint density at radius 1 is 1.60 bits per heavy atom. The highest BCUT2D eigenvalue weighted by atomic mass is 16.3. The molecular formula is C9H14O. The predicted molar refractivity (Wildman–Crippen MR) is 45.0 cm³/mol. The van der Waals surface area contributed by atoms with Crippen LogP contribution in [0.3, 0.4) is 0 Å². The molecule has 0 aromatic carbocycles. The molecule has 0 aromatic heterocycles. The van der Waals surface area contributed by atoms with Gasteiger partial charge in [-0.3, -0.25) is 0 Å². The Balaban J connectivity index is 3.65. The third-order valence-corrected chi connectivity index (χ3v) is 1.03. The van der Waals surface area contributed by atoms with Gasteiger partial charge in [0.1, 0.15) is 5.76 Å². The van der Waals surface area contributed by atoms with Gasteiger partial charge in [-0.15, -0.1) is 0 Å². The quantitative estimate of drug-likeness (QED) is 0.467. The van der Waals surface area contributed by atoms with Crippen LogP contribution in [0.4, 0.5) is 0 Å². The maximum absolute atomic E-state index is 8.98. The van der Waals surface area contributed by atoms with Gasteiger partial charge in [-0.05, 0) is 18.6 Å². The SMILES string of the molecule is C=C/C=C(O)\C=C/CCC. The average Bonchev–Trinajstić information content (AvgIpc) is 1.89. The highest BCUT2D eigenvalue weighted by Crippen LogP contribution is 1.94. The van der Waals surface area contributed by atoms with Crippen molar-refractivity contribution >= 4 is 0 Å². The molecule has 1 N–H and O–H groups in total. The maximum Gasteiger partial charge on any atom is 0.115 e. The van der Waals surface area contributed by atoms with Crippen LogP contribution in [0.5, 0.6) is 0 Å². The molecule has 1 heteroatoms. The number of allylic oxidation sites excluding steroid dienone is 4. The van der Waals surface area contributed by atoms with Crippen molar-refractivity contribution < 1.29 is 5.11 Å². The van der Waals surface area contributed by atoms with Crippen molar-refractivity contribution in [3.8, 4) is 0 Å². The zero-order valence-electron chi connectivity index (χ0n) is 6.38. The molecule has 0 heterocycles. The van der Waals surface area contributed by atoms with Gasteiger partial charge in [-0.25, -0.2) is 0 Å². The molecule has 0 saturated heterocycles. The molecule has 0 fully saturated rings. The molecule has 56 valence electrons. The Bertz CT molecular complexity index is 143. The van der Waals surface area contributed by atoms with Gasteiger partial charge in [-0.2, -0.15) is 0 Å². The summed E-state index contributed by atoms with van der Waals surface area (Å²) >= 11 is 0. The topological polar surface area (TPSA) is 20.2 Å². The van der Waals surface area contributed by atoms with E-state index in [2.05, 4.69) is 13.5 Å². The summed E-state index contributed by atoms with van der Waals surface area (Å²) in [7, 11) is 0. The highest BCUT2D eigenvalue weighted by Gasteiger charge is 1.79. The maximum atomic E-state index is 8.98. The molecule has 0 rings (SSSR count). The Labute approximate surface area is 62.4 Å². The molecular weight excluding hydrogens is 124 g/mol. The van der Waals surface area contributed by atoms with Gasteiger partial charge in [0, 0.05) is 0 Å². The zero-order chi connectivity index (χ0) is 7.82. The van der Waals surface area contributed by atoms with Crippen LogP contribution in [0.25, 0.3) is 0 Å². The summed E-state index contributed by atoms with van der Waals surface area (Å²) in [5.74, 6) is 0.267. The molecule has 0 aromatic rings. The second-order valence-corrected chi connectivity index (χ2v) is 2.02. The van der Waals surface area contributed by atoms with E-state index < -0.39 is 0 Å². The van der Waals surface area contributed by atoms with Crippen molar-refractivity contribution in [1.82, 2.24) is 0 Å². The summed E-state index contributed by atoms with van der Waals surface area (Å²) in [6.07, 6.45) is 8.87. The Morgan fingerprint density at radius 3 is 2.80 bits per heavy atom. The third kappa shape index (κ3) is 5.16. The fourth-order valence-corrected chi connectivity index (χ4v) is 0.547. The minimum absolute atomic E-state index is 0.267. The van der Waals surface area contributed by atoms with Gasteiger partial charge in [-0.1, -0.05) is 32.1 Å². The van der Waals surface area contributed by atoms with Crippen LogP contribution < -0.4 is 0 Å². The van der Waals surface area contributed by atoms with Gasteiger partial charge < -0.3 is 5.11 Å².